The Labute approximate surface area is 107 Å². The van der Waals surface area contributed by atoms with Crippen LogP contribution < -0.4 is 5.32 Å². The second-order valence-corrected chi connectivity index (χ2v) is 4.98. The molecule has 0 radical (unpaired) electrons. The van der Waals surface area contributed by atoms with Crippen LogP contribution in [0.3, 0.4) is 0 Å². The second-order valence-electron chi connectivity index (χ2n) is 4.98. The fraction of sp³-hybridized carbons (Fsp3) is 0.833. The van der Waals surface area contributed by atoms with E-state index in [1.807, 2.05) is 13.8 Å². The highest BCUT2D eigenvalue weighted by molar-refractivity contribution is 5.05. The average Bonchev–Trinajstić information content (AvgIpc) is 2.97. The van der Waals surface area contributed by atoms with Crippen molar-refractivity contribution in [2.75, 3.05) is 26.9 Å². The van der Waals surface area contributed by atoms with Crippen molar-refractivity contribution in [3.05, 3.63) is 11.7 Å². The molecule has 2 atom stereocenters. The molecule has 1 saturated heterocycles. The minimum Gasteiger partial charge on any atom is -0.379 e. The van der Waals surface area contributed by atoms with Gasteiger partial charge in [-0.2, -0.15) is 4.98 Å². The Morgan fingerprint density at radius 2 is 2.22 bits per heavy atom. The summed E-state index contributed by atoms with van der Waals surface area (Å²) in [4.78, 5) is 4.44. The predicted molar refractivity (Wildman–Crippen MR) is 65.4 cm³/mol. The fourth-order valence-corrected chi connectivity index (χ4v) is 1.98. The van der Waals surface area contributed by atoms with Crippen molar-refractivity contribution in [3.8, 4) is 0 Å². The smallest absolute Gasteiger partial charge is 0.233 e. The van der Waals surface area contributed by atoms with Crippen LogP contribution >= 0.6 is 0 Å². The van der Waals surface area contributed by atoms with Gasteiger partial charge in [-0.25, -0.2) is 0 Å². The number of nitrogens with zero attached hydrogens (tertiary/aromatic N) is 2. The van der Waals surface area contributed by atoms with Gasteiger partial charge in [0.05, 0.1) is 19.1 Å². The summed E-state index contributed by atoms with van der Waals surface area (Å²) in [5.41, 5.74) is -0.533. The molecule has 1 fully saturated rings. The largest absolute Gasteiger partial charge is 0.379 e. The molecule has 2 unspecified atom stereocenters. The van der Waals surface area contributed by atoms with E-state index in [4.69, 9.17) is 14.0 Å². The van der Waals surface area contributed by atoms with Crippen molar-refractivity contribution in [3.63, 3.8) is 0 Å². The molecule has 0 amide bonds. The van der Waals surface area contributed by atoms with Gasteiger partial charge in [0.25, 0.3) is 0 Å². The van der Waals surface area contributed by atoms with Crippen LogP contribution in [0.2, 0.25) is 0 Å². The summed E-state index contributed by atoms with van der Waals surface area (Å²) in [6.07, 6.45) is 0. The van der Waals surface area contributed by atoms with Crippen LogP contribution in [0.1, 0.15) is 38.4 Å². The number of likely N-dealkylation sites (N-methyl/N-ethyl adjacent to an activating group) is 1. The summed E-state index contributed by atoms with van der Waals surface area (Å²) in [7, 11) is 1.64. The van der Waals surface area contributed by atoms with Gasteiger partial charge in [0.2, 0.25) is 11.7 Å². The van der Waals surface area contributed by atoms with E-state index in [9.17, 15) is 0 Å². The Bertz CT molecular complexity index is 392. The van der Waals surface area contributed by atoms with Gasteiger partial charge in [-0.15, -0.1) is 0 Å². The Balaban J connectivity index is 2.14. The molecule has 102 valence electrons. The van der Waals surface area contributed by atoms with E-state index in [1.165, 1.54) is 0 Å². The Morgan fingerprint density at radius 1 is 1.44 bits per heavy atom. The lowest BCUT2D eigenvalue weighted by Crippen LogP contribution is -2.34. The summed E-state index contributed by atoms with van der Waals surface area (Å²) in [6, 6.07) is 0.244. The highest BCUT2D eigenvalue weighted by atomic mass is 16.5. The molecule has 2 heterocycles. The van der Waals surface area contributed by atoms with E-state index in [0.29, 0.717) is 24.9 Å². The minimum atomic E-state index is -0.533. The van der Waals surface area contributed by atoms with Crippen molar-refractivity contribution in [1.82, 2.24) is 15.5 Å². The zero-order valence-electron chi connectivity index (χ0n) is 11.4. The van der Waals surface area contributed by atoms with Gasteiger partial charge < -0.3 is 19.3 Å². The molecular formula is C12H21N3O3. The lowest BCUT2D eigenvalue weighted by atomic mass is 10.0. The van der Waals surface area contributed by atoms with Crippen LogP contribution in [-0.4, -0.2) is 43.1 Å². The van der Waals surface area contributed by atoms with Crippen molar-refractivity contribution >= 4 is 0 Å². The number of methoxy groups -OCH3 is 1. The molecule has 0 spiro atoms. The zero-order valence-corrected chi connectivity index (χ0v) is 11.4. The molecule has 1 aliphatic rings. The maximum atomic E-state index is 5.48. The first-order valence-electron chi connectivity index (χ1n) is 6.29. The third-order valence-electron chi connectivity index (χ3n) is 3.35. The molecule has 0 bridgehead atoms. The van der Waals surface area contributed by atoms with Crippen LogP contribution in [-0.2, 0) is 15.1 Å². The molecular weight excluding hydrogens is 234 g/mol. The monoisotopic (exact) mass is 255 g/mol. The molecule has 0 aromatic carbocycles. The summed E-state index contributed by atoms with van der Waals surface area (Å²) < 4.78 is 16.2. The highest BCUT2D eigenvalue weighted by Gasteiger charge is 2.35. The van der Waals surface area contributed by atoms with Gasteiger partial charge in [0.15, 0.2) is 0 Å². The third-order valence-corrected chi connectivity index (χ3v) is 3.35. The van der Waals surface area contributed by atoms with Crippen molar-refractivity contribution in [2.45, 2.75) is 38.3 Å². The number of hydrogen-bond donors (Lipinski definition) is 1. The SMILES string of the molecule is CCNC1COCC1c1nc(C(C)(C)OC)no1. The first-order chi connectivity index (χ1) is 8.58. The van der Waals surface area contributed by atoms with E-state index in [0.717, 1.165) is 6.54 Å². The number of ether oxygens (including phenoxy) is 2. The maximum absolute atomic E-state index is 5.48. The van der Waals surface area contributed by atoms with Gasteiger partial charge in [-0.1, -0.05) is 12.1 Å². The Hall–Kier alpha value is -0.980. The Morgan fingerprint density at radius 3 is 2.89 bits per heavy atom. The summed E-state index contributed by atoms with van der Waals surface area (Å²) in [6.45, 7) is 8.09. The molecule has 0 aliphatic carbocycles. The molecule has 1 aliphatic heterocycles. The second kappa shape index (κ2) is 5.34. The normalized spacial score (nSPS) is 24.7. The van der Waals surface area contributed by atoms with Gasteiger partial charge >= 0.3 is 0 Å². The van der Waals surface area contributed by atoms with Gasteiger partial charge in [-0.3, -0.25) is 0 Å². The topological polar surface area (TPSA) is 69.4 Å². The van der Waals surface area contributed by atoms with E-state index < -0.39 is 5.60 Å². The maximum Gasteiger partial charge on any atom is 0.233 e. The molecule has 2 rings (SSSR count). The zero-order chi connectivity index (χ0) is 13.2. The molecule has 1 N–H and O–H groups in total. The molecule has 6 heteroatoms. The molecule has 0 saturated carbocycles. The quantitative estimate of drug-likeness (QED) is 0.848. The van der Waals surface area contributed by atoms with E-state index in [-0.39, 0.29) is 12.0 Å². The van der Waals surface area contributed by atoms with Crippen molar-refractivity contribution in [1.29, 1.82) is 0 Å². The summed E-state index contributed by atoms with van der Waals surface area (Å²) >= 11 is 0. The molecule has 18 heavy (non-hydrogen) atoms. The lowest BCUT2D eigenvalue weighted by molar-refractivity contribution is 0.00973. The first-order valence-corrected chi connectivity index (χ1v) is 6.29. The fourth-order valence-electron chi connectivity index (χ4n) is 1.98. The number of hydrogen-bond acceptors (Lipinski definition) is 6. The van der Waals surface area contributed by atoms with E-state index in [2.05, 4.69) is 22.4 Å². The minimum absolute atomic E-state index is 0.124. The van der Waals surface area contributed by atoms with Gasteiger partial charge in [-0.05, 0) is 20.4 Å². The van der Waals surface area contributed by atoms with E-state index in [1.54, 1.807) is 7.11 Å². The van der Waals surface area contributed by atoms with Gasteiger partial charge in [0.1, 0.15) is 5.60 Å². The highest BCUT2D eigenvalue weighted by Crippen LogP contribution is 2.27. The van der Waals surface area contributed by atoms with Crippen molar-refractivity contribution < 1.29 is 14.0 Å². The van der Waals surface area contributed by atoms with Crippen LogP contribution in [0.4, 0.5) is 0 Å². The lowest BCUT2D eigenvalue weighted by Gasteiger charge is -2.17. The van der Waals surface area contributed by atoms with E-state index >= 15 is 0 Å². The van der Waals surface area contributed by atoms with Crippen LogP contribution in [0, 0.1) is 0 Å². The van der Waals surface area contributed by atoms with Gasteiger partial charge in [0, 0.05) is 13.2 Å². The molecule has 1 aromatic heterocycles. The predicted octanol–water partition coefficient (Wildman–Crippen LogP) is 1.04. The number of rotatable bonds is 5. The van der Waals surface area contributed by atoms with Crippen LogP contribution in [0.25, 0.3) is 0 Å². The Kier molecular flexibility index (Phi) is 3.99. The van der Waals surface area contributed by atoms with Crippen molar-refractivity contribution in [2.24, 2.45) is 0 Å². The van der Waals surface area contributed by atoms with Crippen LogP contribution in [0.15, 0.2) is 4.52 Å². The summed E-state index contributed by atoms with van der Waals surface area (Å²) in [5.74, 6) is 1.32. The molecule has 6 nitrogen and oxygen atoms in total. The number of nitrogens with one attached hydrogen (secondary N) is 1. The third kappa shape index (κ3) is 2.55. The standard InChI is InChI=1S/C12H21N3O3/c1-5-13-9-7-17-6-8(9)10-14-11(15-18-10)12(2,3)16-4/h8-9,13H,5-7H2,1-4H3. The molecule has 1 aromatic rings. The van der Waals surface area contributed by atoms with Crippen LogP contribution in [0.5, 0.6) is 0 Å². The number of aromatic nitrogens is 2. The summed E-state index contributed by atoms with van der Waals surface area (Å²) in [5, 5.41) is 7.37. The first kappa shape index (κ1) is 13.5. The average molecular weight is 255 g/mol.